The minimum Gasteiger partial charge on any atom is -0.496 e. The van der Waals surface area contributed by atoms with Crippen molar-refractivity contribution in [2.75, 3.05) is 7.11 Å². The second-order valence-electron chi connectivity index (χ2n) is 4.41. The number of nitrogens with zero attached hydrogens (tertiary/aromatic N) is 1. The van der Waals surface area contributed by atoms with Crippen LogP contribution in [0, 0.1) is 0 Å². The molecule has 2 rings (SSSR count). The van der Waals surface area contributed by atoms with Gasteiger partial charge < -0.3 is 9.57 Å². The lowest BCUT2D eigenvalue weighted by Crippen LogP contribution is -2.08. The summed E-state index contributed by atoms with van der Waals surface area (Å²) < 4.78 is 5.37. The summed E-state index contributed by atoms with van der Waals surface area (Å²) in [7, 11) is 1.66. The molecule has 4 nitrogen and oxygen atoms in total. The van der Waals surface area contributed by atoms with Gasteiger partial charge in [0.05, 0.1) is 12.8 Å². The first kappa shape index (κ1) is 13.3. The summed E-state index contributed by atoms with van der Waals surface area (Å²) in [6.07, 6.45) is 6.13. The van der Waals surface area contributed by atoms with Gasteiger partial charge in [-0.05, 0) is 37.5 Å². The molecular formula is C15H17NO3. The summed E-state index contributed by atoms with van der Waals surface area (Å²) in [4.78, 5) is 15.5. The van der Waals surface area contributed by atoms with Crippen molar-refractivity contribution >= 4 is 17.8 Å². The fourth-order valence-corrected chi connectivity index (χ4v) is 2.22. The zero-order valence-electron chi connectivity index (χ0n) is 11.4. The molecule has 0 radical (unpaired) electrons. The Morgan fingerprint density at radius 3 is 2.79 bits per heavy atom. The number of carbonyl (C=O) groups excluding carboxylic acids is 1. The number of oxime groups is 1. The van der Waals surface area contributed by atoms with E-state index in [1.807, 2.05) is 19.1 Å². The molecule has 0 heterocycles. The Kier molecular flexibility index (Phi) is 4.00. The van der Waals surface area contributed by atoms with Crippen molar-refractivity contribution in [2.45, 2.75) is 26.7 Å². The van der Waals surface area contributed by atoms with Gasteiger partial charge in [-0.25, -0.2) is 4.79 Å². The van der Waals surface area contributed by atoms with Gasteiger partial charge >= 0.3 is 5.97 Å². The molecule has 0 fully saturated rings. The highest BCUT2D eigenvalue weighted by Gasteiger charge is 2.16. The van der Waals surface area contributed by atoms with E-state index in [0.717, 1.165) is 29.7 Å². The molecule has 4 heteroatoms. The highest BCUT2D eigenvalue weighted by molar-refractivity contribution is 6.01. The summed E-state index contributed by atoms with van der Waals surface area (Å²) in [6.45, 7) is 3.17. The van der Waals surface area contributed by atoms with E-state index in [1.54, 1.807) is 7.11 Å². The third-order valence-corrected chi connectivity index (χ3v) is 3.08. The first-order valence-electron chi connectivity index (χ1n) is 6.22. The standard InChI is InChI=1S/C15H17NO3/c1-10(16-19-11(2)17)12-8-9-15(18-3)14-7-5-4-6-13(12)14/h5,7-9H,4,6H2,1-3H3/b16-10+. The van der Waals surface area contributed by atoms with E-state index in [9.17, 15) is 4.79 Å². The second kappa shape index (κ2) is 5.69. The van der Waals surface area contributed by atoms with Gasteiger partial charge in [0.2, 0.25) is 0 Å². The average molecular weight is 259 g/mol. The van der Waals surface area contributed by atoms with E-state index >= 15 is 0 Å². The van der Waals surface area contributed by atoms with Crippen molar-refractivity contribution in [1.82, 2.24) is 0 Å². The van der Waals surface area contributed by atoms with Crippen LogP contribution in [0.4, 0.5) is 0 Å². The molecular weight excluding hydrogens is 242 g/mol. The number of carbonyl (C=O) groups is 1. The van der Waals surface area contributed by atoms with Crippen LogP contribution in [0.25, 0.3) is 6.08 Å². The van der Waals surface area contributed by atoms with E-state index in [2.05, 4.69) is 17.3 Å². The SMILES string of the molecule is COc1ccc(/C(C)=N/OC(C)=O)c2c1C=CCC2. The highest BCUT2D eigenvalue weighted by Crippen LogP contribution is 2.31. The minimum atomic E-state index is -0.415. The van der Waals surface area contributed by atoms with Crippen LogP contribution in [0.15, 0.2) is 23.4 Å². The van der Waals surface area contributed by atoms with Crippen LogP contribution in [0.5, 0.6) is 5.75 Å². The van der Waals surface area contributed by atoms with Crippen LogP contribution in [-0.2, 0) is 16.1 Å². The van der Waals surface area contributed by atoms with E-state index < -0.39 is 5.97 Å². The van der Waals surface area contributed by atoms with Gasteiger partial charge in [0.15, 0.2) is 0 Å². The third kappa shape index (κ3) is 2.84. The number of benzene rings is 1. The van der Waals surface area contributed by atoms with Crippen molar-refractivity contribution in [3.05, 3.63) is 34.9 Å². The Bertz CT molecular complexity index is 559. The van der Waals surface area contributed by atoms with Crippen LogP contribution in [0.1, 0.15) is 37.0 Å². The predicted octanol–water partition coefficient (Wildman–Crippen LogP) is 2.94. The minimum absolute atomic E-state index is 0.415. The van der Waals surface area contributed by atoms with Crippen LogP contribution in [-0.4, -0.2) is 18.8 Å². The van der Waals surface area contributed by atoms with Gasteiger partial charge in [-0.3, -0.25) is 0 Å². The molecule has 0 atom stereocenters. The summed E-state index contributed by atoms with van der Waals surface area (Å²) in [5.74, 6) is 0.441. The average Bonchev–Trinajstić information content (AvgIpc) is 2.43. The number of hydrogen-bond acceptors (Lipinski definition) is 4. The quantitative estimate of drug-likeness (QED) is 0.476. The van der Waals surface area contributed by atoms with Crippen molar-refractivity contribution in [1.29, 1.82) is 0 Å². The molecule has 0 aliphatic heterocycles. The zero-order chi connectivity index (χ0) is 13.8. The van der Waals surface area contributed by atoms with Gasteiger partial charge in [0, 0.05) is 18.1 Å². The smallest absolute Gasteiger partial charge is 0.331 e. The van der Waals surface area contributed by atoms with Gasteiger partial charge in [-0.15, -0.1) is 0 Å². The number of allylic oxidation sites excluding steroid dienone is 1. The monoisotopic (exact) mass is 259 g/mol. The third-order valence-electron chi connectivity index (χ3n) is 3.08. The number of hydrogen-bond donors (Lipinski definition) is 0. The van der Waals surface area contributed by atoms with Crippen LogP contribution < -0.4 is 4.74 Å². The fraction of sp³-hybridized carbons (Fsp3) is 0.333. The molecule has 0 saturated heterocycles. The highest BCUT2D eigenvalue weighted by atomic mass is 16.7. The maximum Gasteiger partial charge on any atom is 0.331 e. The topological polar surface area (TPSA) is 47.9 Å². The predicted molar refractivity (Wildman–Crippen MR) is 74.3 cm³/mol. The number of methoxy groups -OCH3 is 1. The van der Waals surface area contributed by atoms with Gasteiger partial charge in [-0.2, -0.15) is 0 Å². The molecule has 1 aromatic rings. The molecule has 0 saturated carbocycles. The van der Waals surface area contributed by atoms with Crippen molar-refractivity contribution < 1.29 is 14.4 Å². The molecule has 1 aliphatic rings. The number of rotatable bonds is 3. The van der Waals surface area contributed by atoms with E-state index in [0.29, 0.717) is 5.71 Å². The molecule has 0 spiro atoms. The van der Waals surface area contributed by atoms with Gasteiger partial charge in [-0.1, -0.05) is 17.3 Å². The molecule has 1 aliphatic carbocycles. The molecule has 1 aromatic carbocycles. The number of ether oxygens (including phenoxy) is 1. The van der Waals surface area contributed by atoms with Crippen LogP contribution >= 0.6 is 0 Å². The maximum absolute atomic E-state index is 10.8. The maximum atomic E-state index is 10.8. The summed E-state index contributed by atoms with van der Waals surface area (Å²) in [5, 5.41) is 3.86. The fourth-order valence-electron chi connectivity index (χ4n) is 2.22. The molecule has 0 unspecified atom stereocenters. The summed E-state index contributed by atoms with van der Waals surface area (Å²) >= 11 is 0. The Balaban J connectivity index is 2.45. The van der Waals surface area contributed by atoms with Gasteiger partial charge in [0.25, 0.3) is 0 Å². The zero-order valence-corrected chi connectivity index (χ0v) is 11.4. The van der Waals surface area contributed by atoms with Crippen molar-refractivity contribution in [3.63, 3.8) is 0 Å². The Labute approximate surface area is 112 Å². The molecule has 100 valence electrons. The first-order chi connectivity index (χ1) is 9.13. The van der Waals surface area contributed by atoms with Crippen LogP contribution in [0.2, 0.25) is 0 Å². The molecule has 0 aromatic heterocycles. The lowest BCUT2D eigenvalue weighted by Gasteiger charge is -2.18. The summed E-state index contributed by atoms with van der Waals surface area (Å²) in [6, 6.07) is 3.87. The van der Waals surface area contributed by atoms with E-state index in [4.69, 9.17) is 9.57 Å². The molecule has 0 bridgehead atoms. The molecule has 0 amide bonds. The first-order valence-corrected chi connectivity index (χ1v) is 6.22. The summed E-state index contributed by atoms with van der Waals surface area (Å²) in [5.41, 5.74) is 3.98. The lowest BCUT2D eigenvalue weighted by atomic mass is 9.90. The second-order valence-corrected chi connectivity index (χ2v) is 4.41. The Morgan fingerprint density at radius 2 is 2.11 bits per heavy atom. The van der Waals surface area contributed by atoms with Crippen LogP contribution in [0.3, 0.4) is 0 Å². The Hall–Kier alpha value is -2.10. The normalized spacial score (nSPS) is 13.9. The Morgan fingerprint density at radius 1 is 1.32 bits per heavy atom. The molecule has 19 heavy (non-hydrogen) atoms. The lowest BCUT2D eigenvalue weighted by molar-refractivity contribution is -0.140. The van der Waals surface area contributed by atoms with E-state index in [-0.39, 0.29) is 0 Å². The molecule has 0 N–H and O–H groups in total. The van der Waals surface area contributed by atoms with Gasteiger partial charge in [0.1, 0.15) is 5.75 Å². The number of fused-ring (bicyclic) bond motifs is 1. The van der Waals surface area contributed by atoms with Crippen molar-refractivity contribution in [3.8, 4) is 5.75 Å². The van der Waals surface area contributed by atoms with Crippen molar-refractivity contribution in [2.24, 2.45) is 5.16 Å². The largest absolute Gasteiger partial charge is 0.496 e. The van der Waals surface area contributed by atoms with E-state index in [1.165, 1.54) is 12.5 Å².